The van der Waals surface area contributed by atoms with Crippen LogP contribution in [-0.2, 0) is 11.0 Å². The SMILES string of the molecule is CC(C)c1ccc(/C=C(/C#N)C(=O)Nc2cc(C(F)(F)F)ccc2Cl)cc1. The van der Waals surface area contributed by atoms with Crippen molar-refractivity contribution >= 4 is 29.3 Å². The largest absolute Gasteiger partial charge is 0.416 e. The molecule has 0 spiro atoms. The minimum atomic E-state index is -4.57. The third-order valence-electron chi connectivity index (χ3n) is 3.82. The van der Waals surface area contributed by atoms with Gasteiger partial charge in [-0.25, -0.2) is 0 Å². The molecule has 0 radical (unpaired) electrons. The Kier molecular flexibility index (Phi) is 6.29. The lowest BCUT2D eigenvalue weighted by atomic mass is 10.0. The molecule has 2 aromatic carbocycles. The number of carbonyl (C=O) groups excluding carboxylic acids is 1. The summed E-state index contributed by atoms with van der Waals surface area (Å²) < 4.78 is 38.5. The lowest BCUT2D eigenvalue weighted by molar-refractivity contribution is -0.137. The molecule has 2 aromatic rings. The number of hydrogen-bond donors (Lipinski definition) is 1. The van der Waals surface area contributed by atoms with Crippen LogP contribution in [0.5, 0.6) is 0 Å². The topological polar surface area (TPSA) is 52.9 Å². The smallest absolute Gasteiger partial charge is 0.320 e. The van der Waals surface area contributed by atoms with Crippen molar-refractivity contribution in [2.24, 2.45) is 0 Å². The molecular formula is C20H16ClF3N2O. The van der Waals surface area contributed by atoms with Crippen LogP contribution in [0.1, 0.15) is 36.5 Å². The molecule has 1 N–H and O–H groups in total. The van der Waals surface area contributed by atoms with Gasteiger partial charge in [-0.2, -0.15) is 18.4 Å². The number of halogens is 4. The Morgan fingerprint density at radius 3 is 2.33 bits per heavy atom. The minimum Gasteiger partial charge on any atom is -0.320 e. The molecule has 0 heterocycles. The van der Waals surface area contributed by atoms with Crippen molar-refractivity contribution in [3.63, 3.8) is 0 Å². The number of nitriles is 1. The van der Waals surface area contributed by atoms with Gasteiger partial charge in [-0.15, -0.1) is 0 Å². The highest BCUT2D eigenvalue weighted by atomic mass is 35.5. The first-order valence-electron chi connectivity index (χ1n) is 8.01. The van der Waals surface area contributed by atoms with Crippen LogP contribution in [0.25, 0.3) is 6.08 Å². The summed E-state index contributed by atoms with van der Waals surface area (Å²) in [6.07, 6.45) is -3.21. The van der Waals surface area contributed by atoms with E-state index in [1.54, 1.807) is 18.2 Å². The van der Waals surface area contributed by atoms with Crippen molar-refractivity contribution < 1.29 is 18.0 Å². The van der Waals surface area contributed by atoms with Crippen LogP contribution in [0, 0.1) is 11.3 Å². The van der Waals surface area contributed by atoms with Gasteiger partial charge >= 0.3 is 6.18 Å². The summed E-state index contributed by atoms with van der Waals surface area (Å²) >= 11 is 5.86. The zero-order valence-electron chi connectivity index (χ0n) is 14.6. The zero-order chi connectivity index (χ0) is 20.2. The molecule has 0 aromatic heterocycles. The van der Waals surface area contributed by atoms with Crippen molar-refractivity contribution in [3.05, 3.63) is 69.8 Å². The second-order valence-corrected chi connectivity index (χ2v) is 6.54. The van der Waals surface area contributed by atoms with Gasteiger partial charge in [-0.3, -0.25) is 4.79 Å². The monoisotopic (exact) mass is 392 g/mol. The van der Waals surface area contributed by atoms with E-state index in [1.807, 2.05) is 26.0 Å². The fourth-order valence-electron chi connectivity index (χ4n) is 2.28. The molecule has 0 unspecified atom stereocenters. The molecular weight excluding hydrogens is 377 g/mol. The number of benzene rings is 2. The summed E-state index contributed by atoms with van der Waals surface area (Å²) in [5.41, 5.74) is 0.314. The fourth-order valence-corrected chi connectivity index (χ4v) is 2.44. The summed E-state index contributed by atoms with van der Waals surface area (Å²) in [5.74, 6) is -0.503. The molecule has 0 aliphatic heterocycles. The number of nitrogens with zero attached hydrogens (tertiary/aromatic N) is 1. The molecule has 0 bridgehead atoms. The average molecular weight is 393 g/mol. The van der Waals surface area contributed by atoms with Gasteiger partial charge in [0.05, 0.1) is 16.3 Å². The quantitative estimate of drug-likeness (QED) is 0.510. The van der Waals surface area contributed by atoms with Crippen molar-refractivity contribution in [1.82, 2.24) is 0 Å². The van der Waals surface area contributed by atoms with Gasteiger partial charge < -0.3 is 5.32 Å². The summed E-state index contributed by atoms with van der Waals surface area (Å²) in [6.45, 7) is 4.08. The van der Waals surface area contributed by atoms with Crippen LogP contribution < -0.4 is 5.32 Å². The van der Waals surface area contributed by atoms with Gasteiger partial charge in [0.2, 0.25) is 0 Å². The summed E-state index contributed by atoms with van der Waals surface area (Å²) in [6, 6.07) is 11.6. The molecule has 2 rings (SSSR count). The van der Waals surface area contributed by atoms with Gasteiger partial charge in [0.1, 0.15) is 11.6 Å². The Morgan fingerprint density at radius 1 is 1.19 bits per heavy atom. The van der Waals surface area contributed by atoms with Crippen LogP contribution in [-0.4, -0.2) is 5.91 Å². The second-order valence-electron chi connectivity index (χ2n) is 6.14. The third-order valence-corrected chi connectivity index (χ3v) is 4.15. The average Bonchev–Trinajstić information content (AvgIpc) is 2.60. The molecule has 0 aliphatic rings. The summed E-state index contributed by atoms with van der Waals surface area (Å²) in [7, 11) is 0. The first kappa shape index (κ1) is 20.5. The first-order chi connectivity index (χ1) is 12.6. The maximum Gasteiger partial charge on any atom is 0.416 e. The van der Waals surface area contributed by atoms with Crippen molar-refractivity contribution in [1.29, 1.82) is 5.26 Å². The normalized spacial score (nSPS) is 12.0. The number of alkyl halides is 3. The highest BCUT2D eigenvalue weighted by Crippen LogP contribution is 2.34. The zero-order valence-corrected chi connectivity index (χ0v) is 15.3. The Hall–Kier alpha value is -2.78. The molecule has 0 saturated carbocycles. The van der Waals surface area contributed by atoms with Gasteiger partial charge in [0.15, 0.2) is 0 Å². The van der Waals surface area contributed by atoms with Gasteiger partial charge in [0, 0.05) is 0 Å². The van der Waals surface area contributed by atoms with Crippen LogP contribution in [0.15, 0.2) is 48.0 Å². The van der Waals surface area contributed by atoms with E-state index in [4.69, 9.17) is 11.6 Å². The van der Waals surface area contributed by atoms with Gasteiger partial charge in [0.25, 0.3) is 5.91 Å². The third kappa shape index (κ3) is 5.35. The fraction of sp³-hybridized carbons (Fsp3) is 0.200. The van der Waals surface area contributed by atoms with Crippen LogP contribution in [0.3, 0.4) is 0 Å². The lowest BCUT2D eigenvalue weighted by Crippen LogP contribution is -2.15. The van der Waals surface area contributed by atoms with Crippen molar-refractivity contribution in [2.75, 3.05) is 5.32 Å². The molecule has 140 valence electrons. The van der Waals surface area contributed by atoms with Crippen molar-refractivity contribution in [3.8, 4) is 6.07 Å². The van der Waals surface area contributed by atoms with E-state index >= 15 is 0 Å². The molecule has 1 amide bonds. The van der Waals surface area contributed by atoms with E-state index in [-0.39, 0.29) is 16.3 Å². The summed E-state index contributed by atoms with van der Waals surface area (Å²) in [4.78, 5) is 12.3. The predicted octanol–water partition coefficient (Wildman–Crippen LogP) is 6.03. The van der Waals surface area contributed by atoms with Crippen LogP contribution in [0.4, 0.5) is 18.9 Å². The summed E-state index contributed by atoms with van der Waals surface area (Å²) in [5, 5.41) is 11.4. The van der Waals surface area contributed by atoms with E-state index in [0.29, 0.717) is 11.5 Å². The highest BCUT2D eigenvalue weighted by Gasteiger charge is 2.31. The number of carbonyl (C=O) groups is 1. The second kappa shape index (κ2) is 8.28. The van der Waals surface area contributed by atoms with E-state index in [9.17, 15) is 23.2 Å². The van der Waals surface area contributed by atoms with Crippen LogP contribution >= 0.6 is 11.6 Å². The number of amides is 1. The molecule has 0 aliphatic carbocycles. The Labute approximate surface area is 160 Å². The lowest BCUT2D eigenvalue weighted by Gasteiger charge is -2.11. The molecule has 0 atom stereocenters. The molecule has 27 heavy (non-hydrogen) atoms. The van der Waals surface area contributed by atoms with Crippen molar-refractivity contribution in [2.45, 2.75) is 25.9 Å². The van der Waals surface area contributed by atoms with E-state index in [0.717, 1.165) is 23.8 Å². The maximum atomic E-state index is 12.8. The molecule has 7 heteroatoms. The Bertz CT molecular complexity index is 910. The minimum absolute atomic E-state index is 0.0603. The van der Waals surface area contributed by atoms with E-state index < -0.39 is 17.6 Å². The Balaban J connectivity index is 2.26. The maximum absolute atomic E-state index is 12.8. The number of nitrogens with one attached hydrogen (secondary N) is 1. The van der Waals surface area contributed by atoms with E-state index in [2.05, 4.69) is 5.32 Å². The van der Waals surface area contributed by atoms with Gasteiger partial charge in [-0.05, 0) is 41.3 Å². The van der Waals surface area contributed by atoms with Gasteiger partial charge in [-0.1, -0.05) is 49.7 Å². The first-order valence-corrected chi connectivity index (χ1v) is 8.39. The number of rotatable bonds is 4. The highest BCUT2D eigenvalue weighted by molar-refractivity contribution is 6.34. The van der Waals surface area contributed by atoms with E-state index in [1.165, 1.54) is 6.08 Å². The number of anilines is 1. The van der Waals surface area contributed by atoms with Crippen LogP contribution in [0.2, 0.25) is 5.02 Å². The number of hydrogen-bond acceptors (Lipinski definition) is 2. The molecule has 0 saturated heterocycles. The molecule has 0 fully saturated rings. The predicted molar refractivity (Wildman–Crippen MR) is 99.2 cm³/mol. The molecule has 3 nitrogen and oxygen atoms in total. The standard InChI is InChI=1S/C20H16ClF3N2O/c1-12(2)14-5-3-13(4-6-14)9-15(11-25)19(27)26-18-10-16(20(22,23)24)7-8-17(18)21/h3-10,12H,1-2H3,(H,26,27)/b15-9-. The Morgan fingerprint density at radius 2 is 1.81 bits per heavy atom.